The highest BCUT2D eigenvalue weighted by Gasteiger charge is 2.20. The number of aromatic nitrogens is 1. The minimum atomic E-state index is 0.340. The molecule has 2 aromatic rings. The Balaban J connectivity index is 1.82. The molecule has 1 heterocycles. The summed E-state index contributed by atoms with van der Waals surface area (Å²) in [6.07, 6.45) is 5.18. The van der Waals surface area contributed by atoms with Crippen LogP contribution in [0.2, 0.25) is 0 Å². The van der Waals surface area contributed by atoms with Crippen molar-refractivity contribution in [2.24, 2.45) is 0 Å². The van der Waals surface area contributed by atoms with Crippen LogP contribution in [0.25, 0.3) is 5.70 Å². The Morgan fingerprint density at radius 3 is 3.05 bits per heavy atom. The van der Waals surface area contributed by atoms with E-state index >= 15 is 0 Å². The first-order valence-corrected chi connectivity index (χ1v) is 6.70. The van der Waals surface area contributed by atoms with Crippen molar-refractivity contribution in [3.05, 3.63) is 59.5 Å². The van der Waals surface area contributed by atoms with E-state index in [9.17, 15) is 0 Å². The van der Waals surface area contributed by atoms with Crippen LogP contribution in [-0.2, 0) is 6.42 Å². The number of fused-ring (bicyclic) bond motifs is 1. The maximum atomic E-state index is 4.97. The zero-order valence-corrected chi connectivity index (χ0v) is 11.1. The molecule has 3 heteroatoms. The SMILES string of the molecule is C=C(N[C@@H]1CCCc2ccccc21)c1conc1C. The number of benzene rings is 1. The quantitative estimate of drug-likeness (QED) is 0.909. The van der Waals surface area contributed by atoms with Crippen LogP contribution in [0.15, 0.2) is 41.6 Å². The third-order valence-electron chi connectivity index (χ3n) is 3.79. The number of hydrogen-bond donors (Lipinski definition) is 1. The lowest BCUT2D eigenvalue weighted by Gasteiger charge is -2.27. The van der Waals surface area contributed by atoms with Crippen LogP contribution in [0, 0.1) is 6.92 Å². The number of nitrogens with one attached hydrogen (secondary N) is 1. The lowest BCUT2D eigenvalue weighted by molar-refractivity contribution is 0.414. The van der Waals surface area contributed by atoms with Crippen molar-refractivity contribution in [1.29, 1.82) is 0 Å². The van der Waals surface area contributed by atoms with Crippen molar-refractivity contribution in [3.63, 3.8) is 0 Å². The van der Waals surface area contributed by atoms with E-state index in [2.05, 4.69) is 41.3 Å². The molecule has 0 saturated carbocycles. The fraction of sp³-hybridized carbons (Fsp3) is 0.312. The molecule has 0 saturated heterocycles. The molecule has 98 valence electrons. The molecule has 0 bridgehead atoms. The molecule has 0 radical (unpaired) electrons. The molecule has 1 aliphatic rings. The molecule has 19 heavy (non-hydrogen) atoms. The average molecular weight is 254 g/mol. The van der Waals surface area contributed by atoms with Crippen LogP contribution < -0.4 is 5.32 Å². The molecule has 0 unspecified atom stereocenters. The smallest absolute Gasteiger partial charge is 0.133 e. The van der Waals surface area contributed by atoms with Gasteiger partial charge in [0.25, 0.3) is 0 Å². The molecule has 3 rings (SSSR count). The van der Waals surface area contributed by atoms with Gasteiger partial charge in [-0.25, -0.2) is 0 Å². The van der Waals surface area contributed by atoms with Gasteiger partial charge in [0.15, 0.2) is 0 Å². The van der Waals surface area contributed by atoms with Crippen LogP contribution in [0.4, 0.5) is 0 Å². The van der Waals surface area contributed by atoms with E-state index in [4.69, 9.17) is 4.52 Å². The summed E-state index contributed by atoms with van der Waals surface area (Å²) in [6.45, 7) is 6.04. The van der Waals surface area contributed by atoms with Crippen molar-refractivity contribution in [3.8, 4) is 0 Å². The molecule has 1 aromatic carbocycles. The molecule has 0 amide bonds. The monoisotopic (exact) mass is 254 g/mol. The molecule has 1 aromatic heterocycles. The lowest BCUT2D eigenvalue weighted by atomic mass is 9.87. The maximum absolute atomic E-state index is 4.97. The van der Waals surface area contributed by atoms with Crippen LogP contribution >= 0.6 is 0 Å². The number of nitrogens with zero attached hydrogens (tertiary/aromatic N) is 1. The number of aryl methyl sites for hydroxylation is 2. The lowest BCUT2D eigenvalue weighted by Crippen LogP contribution is -2.23. The maximum Gasteiger partial charge on any atom is 0.133 e. The van der Waals surface area contributed by atoms with Crippen molar-refractivity contribution >= 4 is 5.70 Å². The van der Waals surface area contributed by atoms with E-state index in [-0.39, 0.29) is 0 Å². The van der Waals surface area contributed by atoms with Gasteiger partial charge in [0.1, 0.15) is 6.26 Å². The van der Waals surface area contributed by atoms with Gasteiger partial charge in [-0.05, 0) is 37.3 Å². The summed E-state index contributed by atoms with van der Waals surface area (Å²) in [7, 11) is 0. The number of hydrogen-bond acceptors (Lipinski definition) is 3. The third-order valence-corrected chi connectivity index (χ3v) is 3.79. The van der Waals surface area contributed by atoms with E-state index in [0.29, 0.717) is 6.04 Å². The predicted molar refractivity (Wildman–Crippen MR) is 75.5 cm³/mol. The summed E-state index contributed by atoms with van der Waals surface area (Å²) in [5.41, 5.74) is 5.56. The first kappa shape index (κ1) is 12.0. The van der Waals surface area contributed by atoms with Crippen molar-refractivity contribution in [2.75, 3.05) is 0 Å². The third kappa shape index (κ3) is 2.28. The van der Waals surface area contributed by atoms with Crippen molar-refractivity contribution < 1.29 is 4.52 Å². The molecule has 1 aliphatic carbocycles. The Kier molecular flexibility index (Phi) is 3.11. The van der Waals surface area contributed by atoms with Crippen LogP contribution in [0.3, 0.4) is 0 Å². The molecule has 0 fully saturated rings. The molecular weight excluding hydrogens is 236 g/mol. The molecule has 3 nitrogen and oxygen atoms in total. The normalized spacial score (nSPS) is 17.8. The molecule has 1 atom stereocenters. The summed E-state index contributed by atoms with van der Waals surface area (Å²) in [6, 6.07) is 8.98. The van der Waals surface area contributed by atoms with Crippen LogP contribution in [0.1, 0.15) is 41.3 Å². The van der Waals surface area contributed by atoms with E-state index in [1.54, 1.807) is 6.26 Å². The predicted octanol–water partition coefficient (Wildman–Crippen LogP) is 3.62. The molecule has 0 spiro atoms. The Hall–Kier alpha value is -2.03. The Morgan fingerprint density at radius 2 is 2.26 bits per heavy atom. The summed E-state index contributed by atoms with van der Waals surface area (Å²) in [4.78, 5) is 0. The average Bonchev–Trinajstić information content (AvgIpc) is 2.85. The molecule has 0 aliphatic heterocycles. The highest BCUT2D eigenvalue weighted by atomic mass is 16.5. The first-order chi connectivity index (χ1) is 9.25. The Bertz CT molecular complexity index is 600. The van der Waals surface area contributed by atoms with Crippen molar-refractivity contribution in [1.82, 2.24) is 10.5 Å². The van der Waals surface area contributed by atoms with Gasteiger partial charge in [0.2, 0.25) is 0 Å². The van der Waals surface area contributed by atoms with E-state index in [0.717, 1.165) is 23.4 Å². The van der Waals surface area contributed by atoms with E-state index in [1.807, 2.05) is 6.92 Å². The molecular formula is C16H18N2O. The van der Waals surface area contributed by atoms with Gasteiger partial charge < -0.3 is 9.84 Å². The van der Waals surface area contributed by atoms with Crippen molar-refractivity contribution in [2.45, 2.75) is 32.2 Å². The molecule has 1 N–H and O–H groups in total. The minimum Gasteiger partial charge on any atom is -0.378 e. The minimum absolute atomic E-state index is 0.340. The van der Waals surface area contributed by atoms with E-state index in [1.165, 1.54) is 24.0 Å². The second-order valence-electron chi connectivity index (χ2n) is 5.08. The largest absolute Gasteiger partial charge is 0.378 e. The fourth-order valence-corrected chi connectivity index (χ4v) is 2.77. The van der Waals surface area contributed by atoms with Gasteiger partial charge in [-0.15, -0.1) is 0 Å². The van der Waals surface area contributed by atoms with Gasteiger partial charge in [-0.2, -0.15) is 0 Å². The summed E-state index contributed by atoms with van der Waals surface area (Å²) >= 11 is 0. The zero-order chi connectivity index (χ0) is 13.2. The van der Waals surface area contributed by atoms with Gasteiger partial charge in [-0.1, -0.05) is 36.0 Å². The van der Waals surface area contributed by atoms with E-state index < -0.39 is 0 Å². The standard InChI is InChI=1S/C16H18N2O/c1-11(15-10-19-18-12(15)2)17-16-9-5-7-13-6-3-4-8-14(13)16/h3-4,6,8,10,16-17H,1,5,7,9H2,2H3/t16-/m1/s1. The second kappa shape index (κ2) is 4.92. The summed E-state index contributed by atoms with van der Waals surface area (Å²) in [5.74, 6) is 0. The van der Waals surface area contributed by atoms with Gasteiger partial charge >= 0.3 is 0 Å². The fourth-order valence-electron chi connectivity index (χ4n) is 2.77. The highest BCUT2D eigenvalue weighted by Crippen LogP contribution is 2.31. The Labute approximate surface area is 113 Å². The zero-order valence-electron chi connectivity index (χ0n) is 11.1. The number of rotatable bonds is 3. The summed E-state index contributed by atoms with van der Waals surface area (Å²) in [5, 5.41) is 7.42. The second-order valence-corrected chi connectivity index (χ2v) is 5.08. The van der Waals surface area contributed by atoms with Gasteiger partial charge in [0.05, 0.1) is 17.3 Å². The summed E-state index contributed by atoms with van der Waals surface area (Å²) < 4.78 is 4.97. The first-order valence-electron chi connectivity index (χ1n) is 6.70. The van der Waals surface area contributed by atoms with Gasteiger partial charge in [-0.3, -0.25) is 0 Å². The van der Waals surface area contributed by atoms with Crippen LogP contribution in [-0.4, -0.2) is 5.16 Å². The van der Waals surface area contributed by atoms with Crippen LogP contribution in [0.5, 0.6) is 0 Å². The Morgan fingerprint density at radius 1 is 1.42 bits per heavy atom. The highest BCUT2D eigenvalue weighted by molar-refractivity contribution is 5.63. The van der Waals surface area contributed by atoms with Gasteiger partial charge in [0, 0.05) is 5.70 Å². The topological polar surface area (TPSA) is 38.1 Å².